The number of rotatable bonds is 5. The molecule has 28 heavy (non-hydrogen) atoms. The van der Waals surface area contributed by atoms with Crippen molar-refractivity contribution in [3.63, 3.8) is 0 Å². The van der Waals surface area contributed by atoms with Gasteiger partial charge in [0.05, 0.1) is 5.92 Å². The molecule has 0 saturated carbocycles. The SMILES string of the molecule is Cc1ccc(-c2nnc(NC(=O)C(c3ccccc3)c3ccccc3)o2)cc1. The summed E-state index contributed by atoms with van der Waals surface area (Å²) in [5.74, 6) is -0.333. The van der Waals surface area contributed by atoms with Gasteiger partial charge < -0.3 is 4.42 Å². The molecule has 1 heterocycles. The summed E-state index contributed by atoms with van der Waals surface area (Å²) in [7, 11) is 0. The first-order valence-corrected chi connectivity index (χ1v) is 9.02. The molecular weight excluding hydrogens is 350 g/mol. The van der Waals surface area contributed by atoms with Crippen LogP contribution in [0.25, 0.3) is 11.5 Å². The molecule has 1 N–H and O–H groups in total. The van der Waals surface area contributed by atoms with Gasteiger partial charge in [0, 0.05) is 5.56 Å². The van der Waals surface area contributed by atoms with Gasteiger partial charge in [0.1, 0.15) is 0 Å². The Bertz CT molecular complexity index is 1020. The molecule has 1 aromatic heterocycles. The minimum absolute atomic E-state index is 0.0810. The van der Waals surface area contributed by atoms with E-state index in [0.717, 1.165) is 22.3 Å². The Kier molecular flexibility index (Phi) is 4.97. The van der Waals surface area contributed by atoms with Crippen LogP contribution in [0.3, 0.4) is 0 Å². The van der Waals surface area contributed by atoms with E-state index >= 15 is 0 Å². The molecule has 0 unspecified atom stereocenters. The van der Waals surface area contributed by atoms with E-state index in [-0.39, 0.29) is 11.9 Å². The van der Waals surface area contributed by atoms with Gasteiger partial charge in [0.2, 0.25) is 11.8 Å². The van der Waals surface area contributed by atoms with Crippen molar-refractivity contribution in [1.82, 2.24) is 10.2 Å². The van der Waals surface area contributed by atoms with Gasteiger partial charge >= 0.3 is 6.01 Å². The summed E-state index contributed by atoms with van der Waals surface area (Å²) < 4.78 is 5.65. The van der Waals surface area contributed by atoms with Crippen LogP contribution >= 0.6 is 0 Å². The Morgan fingerprint density at radius 1 is 0.821 bits per heavy atom. The second-order valence-corrected chi connectivity index (χ2v) is 6.52. The zero-order valence-electron chi connectivity index (χ0n) is 15.4. The predicted octanol–water partition coefficient (Wildman–Crippen LogP) is 4.82. The lowest BCUT2D eigenvalue weighted by Crippen LogP contribution is -2.22. The fraction of sp³-hybridized carbons (Fsp3) is 0.0870. The number of nitrogens with one attached hydrogen (secondary N) is 1. The van der Waals surface area contributed by atoms with Gasteiger partial charge in [0.15, 0.2) is 0 Å². The highest BCUT2D eigenvalue weighted by atomic mass is 16.4. The topological polar surface area (TPSA) is 68.0 Å². The molecule has 0 saturated heterocycles. The molecule has 5 heteroatoms. The van der Waals surface area contributed by atoms with Crippen molar-refractivity contribution in [1.29, 1.82) is 0 Å². The zero-order chi connectivity index (χ0) is 19.3. The number of aromatic nitrogens is 2. The third kappa shape index (κ3) is 3.83. The van der Waals surface area contributed by atoms with Crippen LogP contribution in [0, 0.1) is 6.92 Å². The fourth-order valence-electron chi connectivity index (χ4n) is 3.05. The molecule has 0 spiro atoms. The van der Waals surface area contributed by atoms with E-state index in [9.17, 15) is 4.79 Å². The highest BCUT2D eigenvalue weighted by Gasteiger charge is 2.24. The predicted molar refractivity (Wildman–Crippen MR) is 108 cm³/mol. The maximum Gasteiger partial charge on any atom is 0.322 e. The second-order valence-electron chi connectivity index (χ2n) is 6.52. The molecule has 0 aliphatic carbocycles. The van der Waals surface area contributed by atoms with Crippen LogP contribution in [0.4, 0.5) is 6.01 Å². The molecule has 0 atom stereocenters. The molecule has 0 aliphatic heterocycles. The molecule has 5 nitrogen and oxygen atoms in total. The first-order valence-electron chi connectivity index (χ1n) is 9.02. The number of carbonyl (C=O) groups excluding carboxylic acids is 1. The van der Waals surface area contributed by atoms with E-state index < -0.39 is 5.92 Å². The minimum Gasteiger partial charge on any atom is -0.403 e. The van der Waals surface area contributed by atoms with Crippen molar-refractivity contribution in [3.8, 4) is 11.5 Å². The van der Waals surface area contributed by atoms with Crippen LogP contribution in [0.1, 0.15) is 22.6 Å². The molecule has 138 valence electrons. The number of benzene rings is 3. The molecule has 4 rings (SSSR count). The average Bonchev–Trinajstić information content (AvgIpc) is 3.19. The van der Waals surface area contributed by atoms with Gasteiger partial charge in [0.25, 0.3) is 0 Å². The fourth-order valence-corrected chi connectivity index (χ4v) is 3.05. The standard InChI is InChI=1S/C23H19N3O2/c1-16-12-14-19(15-13-16)22-25-26-23(28-22)24-21(27)20(17-8-4-2-5-9-17)18-10-6-3-7-11-18/h2-15,20H,1H3,(H,24,26,27). The van der Waals surface area contributed by atoms with Crippen molar-refractivity contribution in [3.05, 3.63) is 102 Å². The number of nitrogens with zero attached hydrogens (tertiary/aromatic N) is 2. The molecular formula is C23H19N3O2. The van der Waals surface area contributed by atoms with Crippen molar-refractivity contribution in [2.45, 2.75) is 12.8 Å². The maximum atomic E-state index is 13.1. The Morgan fingerprint density at radius 3 is 1.96 bits per heavy atom. The Hall–Kier alpha value is -3.73. The van der Waals surface area contributed by atoms with Gasteiger partial charge in [-0.25, -0.2) is 0 Å². The summed E-state index contributed by atoms with van der Waals surface area (Å²) in [5, 5.41) is 10.8. The summed E-state index contributed by atoms with van der Waals surface area (Å²) in [5.41, 5.74) is 3.74. The van der Waals surface area contributed by atoms with Crippen LogP contribution in [-0.2, 0) is 4.79 Å². The summed E-state index contributed by atoms with van der Waals surface area (Å²) in [6.45, 7) is 2.01. The number of aryl methyl sites for hydroxylation is 1. The first-order chi connectivity index (χ1) is 13.7. The van der Waals surface area contributed by atoms with Crippen molar-refractivity contribution < 1.29 is 9.21 Å². The van der Waals surface area contributed by atoms with Crippen LogP contribution in [0.2, 0.25) is 0 Å². The lowest BCUT2D eigenvalue weighted by molar-refractivity contribution is -0.116. The first kappa shape index (κ1) is 17.7. The molecule has 0 aliphatic rings. The Morgan fingerprint density at radius 2 is 1.39 bits per heavy atom. The van der Waals surface area contributed by atoms with E-state index in [4.69, 9.17) is 4.42 Å². The summed E-state index contributed by atoms with van der Waals surface area (Å²) >= 11 is 0. The average molecular weight is 369 g/mol. The number of carbonyl (C=O) groups is 1. The molecule has 0 bridgehead atoms. The highest BCUT2D eigenvalue weighted by molar-refractivity contribution is 5.96. The van der Waals surface area contributed by atoms with Crippen LogP contribution < -0.4 is 5.32 Å². The zero-order valence-corrected chi connectivity index (χ0v) is 15.4. The number of amides is 1. The van der Waals surface area contributed by atoms with E-state index in [0.29, 0.717) is 5.89 Å². The van der Waals surface area contributed by atoms with E-state index in [2.05, 4.69) is 15.5 Å². The highest BCUT2D eigenvalue weighted by Crippen LogP contribution is 2.27. The third-order valence-electron chi connectivity index (χ3n) is 4.48. The summed E-state index contributed by atoms with van der Waals surface area (Å²) in [6.07, 6.45) is 0. The lowest BCUT2D eigenvalue weighted by Gasteiger charge is -2.16. The van der Waals surface area contributed by atoms with E-state index in [1.807, 2.05) is 91.9 Å². The van der Waals surface area contributed by atoms with Crippen molar-refractivity contribution in [2.75, 3.05) is 5.32 Å². The quantitative estimate of drug-likeness (QED) is 0.548. The van der Waals surface area contributed by atoms with Gasteiger partial charge in [-0.1, -0.05) is 83.5 Å². The van der Waals surface area contributed by atoms with Gasteiger partial charge in [-0.15, -0.1) is 5.10 Å². The van der Waals surface area contributed by atoms with E-state index in [1.165, 1.54) is 0 Å². The number of hydrogen-bond acceptors (Lipinski definition) is 4. The maximum absolute atomic E-state index is 13.1. The smallest absolute Gasteiger partial charge is 0.322 e. The number of hydrogen-bond donors (Lipinski definition) is 1. The van der Waals surface area contributed by atoms with Crippen LogP contribution in [-0.4, -0.2) is 16.1 Å². The van der Waals surface area contributed by atoms with E-state index in [1.54, 1.807) is 0 Å². The van der Waals surface area contributed by atoms with Crippen LogP contribution in [0.15, 0.2) is 89.3 Å². The van der Waals surface area contributed by atoms with Gasteiger partial charge in [-0.3, -0.25) is 10.1 Å². The molecule has 4 aromatic rings. The molecule has 0 fully saturated rings. The van der Waals surface area contributed by atoms with Gasteiger partial charge in [-0.2, -0.15) is 0 Å². The molecule has 1 amide bonds. The number of anilines is 1. The lowest BCUT2D eigenvalue weighted by atomic mass is 9.90. The summed E-state index contributed by atoms with van der Waals surface area (Å²) in [6, 6.07) is 27.1. The van der Waals surface area contributed by atoms with Crippen LogP contribution in [0.5, 0.6) is 0 Å². The summed E-state index contributed by atoms with van der Waals surface area (Å²) in [4.78, 5) is 13.1. The monoisotopic (exact) mass is 369 g/mol. The normalized spacial score (nSPS) is 10.8. The minimum atomic E-state index is -0.475. The Balaban J connectivity index is 1.59. The van der Waals surface area contributed by atoms with Gasteiger partial charge in [-0.05, 0) is 30.2 Å². The molecule has 0 radical (unpaired) electrons. The Labute approximate surface area is 163 Å². The third-order valence-corrected chi connectivity index (χ3v) is 4.48. The molecule has 3 aromatic carbocycles. The van der Waals surface area contributed by atoms with Crippen molar-refractivity contribution in [2.24, 2.45) is 0 Å². The van der Waals surface area contributed by atoms with Crippen molar-refractivity contribution >= 4 is 11.9 Å². The second kappa shape index (κ2) is 7.88. The largest absolute Gasteiger partial charge is 0.403 e.